The minimum Gasteiger partial charge on any atom is -0.302 e. The van der Waals surface area contributed by atoms with Gasteiger partial charge < -0.3 is 5.32 Å². The van der Waals surface area contributed by atoms with E-state index in [1.54, 1.807) is 0 Å². The molecule has 1 aliphatic rings. The van der Waals surface area contributed by atoms with Gasteiger partial charge in [-0.25, -0.2) is 17.8 Å². The van der Waals surface area contributed by atoms with Crippen molar-refractivity contribution in [3.63, 3.8) is 0 Å². The predicted octanol–water partition coefficient (Wildman–Crippen LogP) is 5.28. The standard InChI is InChI=1S/C23H17FN2O3S2/c24-15-9-11-16(12-10-15)31(28,29)13-3-8-19(27)25-23-26-21-17-6-1-4-14-5-2-7-18(20(14)17)22(21)30-23/h1-2,4-7,9-12H,3,8,13H2,(H,25,26,27). The van der Waals surface area contributed by atoms with E-state index in [2.05, 4.69) is 28.5 Å². The number of carbonyl (C=O) groups is 1. The maximum atomic E-state index is 13.0. The molecule has 0 aliphatic heterocycles. The fourth-order valence-electron chi connectivity index (χ4n) is 3.83. The predicted molar refractivity (Wildman–Crippen MR) is 120 cm³/mol. The number of anilines is 1. The van der Waals surface area contributed by atoms with Gasteiger partial charge in [0.05, 0.1) is 21.2 Å². The van der Waals surface area contributed by atoms with Crippen molar-refractivity contribution in [2.24, 2.45) is 0 Å². The first-order valence-electron chi connectivity index (χ1n) is 9.74. The number of sulfone groups is 1. The summed E-state index contributed by atoms with van der Waals surface area (Å²) in [4.78, 5) is 18.1. The third kappa shape index (κ3) is 3.62. The van der Waals surface area contributed by atoms with Crippen molar-refractivity contribution in [3.8, 4) is 21.7 Å². The number of benzene rings is 3. The second-order valence-electron chi connectivity index (χ2n) is 7.33. The molecule has 156 valence electrons. The van der Waals surface area contributed by atoms with Crippen LogP contribution in [0.3, 0.4) is 0 Å². The van der Waals surface area contributed by atoms with Gasteiger partial charge in [-0.15, -0.1) is 0 Å². The third-order valence-corrected chi connectivity index (χ3v) is 8.09. The Kier molecular flexibility index (Phi) is 4.83. The van der Waals surface area contributed by atoms with E-state index in [9.17, 15) is 17.6 Å². The first kappa shape index (κ1) is 19.8. The third-order valence-electron chi connectivity index (χ3n) is 5.27. The summed E-state index contributed by atoms with van der Waals surface area (Å²) < 4.78 is 37.6. The molecule has 31 heavy (non-hydrogen) atoms. The van der Waals surface area contributed by atoms with Gasteiger partial charge in [0.25, 0.3) is 0 Å². The number of rotatable bonds is 6. The minimum absolute atomic E-state index is 0.0524. The van der Waals surface area contributed by atoms with Gasteiger partial charge >= 0.3 is 0 Å². The highest BCUT2D eigenvalue weighted by Gasteiger charge is 2.26. The summed E-state index contributed by atoms with van der Waals surface area (Å²) in [6.45, 7) is 0. The smallest absolute Gasteiger partial charge is 0.226 e. The van der Waals surface area contributed by atoms with E-state index in [1.807, 2.05) is 18.2 Å². The van der Waals surface area contributed by atoms with Crippen LogP contribution >= 0.6 is 11.3 Å². The molecule has 5 rings (SSSR count). The molecule has 5 nitrogen and oxygen atoms in total. The van der Waals surface area contributed by atoms with Crippen LogP contribution in [0, 0.1) is 5.82 Å². The fourth-order valence-corrected chi connectivity index (χ4v) is 6.17. The van der Waals surface area contributed by atoms with E-state index >= 15 is 0 Å². The van der Waals surface area contributed by atoms with E-state index in [4.69, 9.17) is 0 Å². The van der Waals surface area contributed by atoms with Crippen molar-refractivity contribution in [2.75, 3.05) is 11.1 Å². The van der Waals surface area contributed by atoms with Crippen LogP contribution in [0.15, 0.2) is 65.6 Å². The van der Waals surface area contributed by atoms with Crippen LogP contribution in [-0.4, -0.2) is 25.1 Å². The largest absolute Gasteiger partial charge is 0.302 e. The molecule has 0 atom stereocenters. The Balaban J connectivity index is 1.25. The first-order chi connectivity index (χ1) is 14.9. The number of nitrogens with one attached hydrogen (secondary N) is 1. The Morgan fingerprint density at radius 1 is 1.00 bits per heavy atom. The number of halogens is 1. The van der Waals surface area contributed by atoms with E-state index < -0.39 is 15.7 Å². The maximum absolute atomic E-state index is 13.0. The molecular weight excluding hydrogens is 435 g/mol. The molecule has 1 amide bonds. The van der Waals surface area contributed by atoms with Crippen LogP contribution in [0.5, 0.6) is 0 Å². The van der Waals surface area contributed by atoms with Crippen LogP contribution in [0.25, 0.3) is 32.5 Å². The normalized spacial score (nSPS) is 12.2. The zero-order chi connectivity index (χ0) is 21.6. The van der Waals surface area contributed by atoms with Crippen molar-refractivity contribution >= 4 is 43.0 Å². The van der Waals surface area contributed by atoms with Crippen molar-refractivity contribution in [3.05, 3.63) is 66.5 Å². The molecule has 0 unspecified atom stereocenters. The van der Waals surface area contributed by atoms with Crippen LogP contribution in [0.2, 0.25) is 0 Å². The summed E-state index contributed by atoms with van der Waals surface area (Å²) in [7, 11) is -3.56. The maximum Gasteiger partial charge on any atom is 0.226 e. The van der Waals surface area contributed by atoms with Gasteiger partial charge in [0.15, 0.2) is 15.0 Å². The van der Waals surface area contributed by atoms with E-state index in [0.29, 0.717) is 5.13 Å². The van der Waals surface area contributed by atoms with E-state index in [0.717, 1.165) is 39.2 Å². The summed E-state index contributed by atoms with van der Waals surface area (Å²) in [5.74, 6) is -0.962. The van der Waals surface area contributed by atoms with Gasteiger partial charge in [0.2, 0.25) is 5.91 Å². The summed E-state index contributed by atoms with van der Waals surface area (Å²) in [5, 5.41) is 5.64. The van der Waals surface area contributed by atoms with Crippen LogP contribution in [-0.2, 0) is 14.6 Å². The lowest BCUT2D eigenvalue weighted by Crippen LogP contribution is -2.14. The van der Waals surface area contributed by atoms with Gasteiger partial charge in [-0.1, -0.05) is 47.7 Å². The number of fused-ring (bicyclic) bond motifs is 3. The highest BCUT2D eigenvalue weighted by Crippen LogP contribution is 2.50. The number of hydrogen-bond donors (Lipinski definition) is 1. The molecule has 0 radical (unpaired) electrons. The fraction of sp³-hybridized carbons (Fsp3) is 0.130. The van der Waals surface area contributed by atoms with Crippen LogP contribution in [0.1, 0.15) is 12.8 Å². The van der Waals surface area contributed by atoms with Gasteiger partial charge in [0, 0.05) is 17.5 Å². The zero-order valence-electron chi connectivity index (χ0n) is 16.3. The Bertz CT molecular complexity index is 1370. The Morgan fingerprint density at radius 2 is 1.71 bits per heavy atom. The highest BCUT2D eigenvalue weighted by molar-refractivity contribution is 7.91. The molecule has 0 saturated carbocycles. The molecule has 4 aromatic rings. The molecule has 0 fully saturated rings. The van der Waals surface area contributed by atoms with Crippen molar-refractivity contribution in [2.45, 2.75) is 17.7 Å². The topological polar surface area (TPSA) is 76.1 Å². The number of amides is 1. The summed E-state index contributed by atoms with van der Waals surface area (Å²) in [5.41, 5.74) is 3.04. The number of aromatic nitrogens is 1. The molecule has 1 aromatic heterocycles. The molecule has 1 heterocycles. The molecule has 0 spiro atoms. The molecule has 3 aromatic carbocycles. The number of nitrogens with zero attached hydrogens (tertiary/aromatic N) is 1. The summed E-state index contributed by atoms with van der Waals surface area (Å²) in [6, 6.07) is 16.9. The Hall–Kier alpha value is -3.10. The Labute approximate surface area is 182 Å². The lowest BCUT2D eigenvalue weighted by atomic mass is 10.0. The van der Waals surface area contributed by atoms with Gasteiger partial charge in [-0.05, 0) is 41.5 Å². The summed E-state index contributed by atoms with van der Waals surface area (Å²) in [6.07, 6.45) is 0.218. The quantitative estimate of drug-likeness (QED) is 0.356. The second-order valence-corrected chi connectivity index (χ2v) is 10.4. The minimum atomic E-state index is -3.56. The monoisotopic (exact) mass is 452 g/mol. The van der Waals surface area contributed by atoms with Crippen LogP contribution < -0.4 is 5.32 Å². The second kappa shape index (κ2) is 7.55. The van der Waals surface area contributed by atoms with Crippen LogP contribution in [0.4, 0.5) is 9.52 Å². The lowest BCUT2D eigenvalue weighted by Gasteiger charge is -2.05. The van der Waals surface area contributed by atoms with E-state index in [1.165, 1.54) is 28.9 Å². The molecule has 1 aliphatic carbocycles. The average molecular weight is 453 g/mol. The molecule has 0 saturated heterocycles. The average Bonchev–Trinajstić information content (AvgIpc) is 3.28. The van der Waals surface area contributed by atoms with Crippen molar-refractivity contribution < 1.29 is 17.6 Å². The van der Waals surface area contributed by atoms with Gasteiger partial charge in [-0.2, -0.15) is 0 Å². The lowest BCUT2D eigenvalue weighted by molar-refractivity contribution is -0.116. The first-order valence-corrected chi connectivity index (χ1v) is 12.2. The molecular formula is C23H17FN2O3S2. The Morgan fingerprint density at radius 3 is 2.45 bits per heavy atom. The number of hydrogen-bond acceptors (Lipinski definition) is 5. The van der Waals surface area contributed by atoms with Crippen molar-refractivity contribution in [1.82, 2.24) is 4.98 Å². The van der Waals surface area contributed by atoms with E-state index in [-0.39, 0.29) is 29.4 Å². The SMILES string of the molecule is O=C(CCCS(=O)(=O)c1ccc(F)cc1)Nc1nc2c(s1)-c1cccc3cccc-2c13. The molecule has 0 bridgehead atoms. The van der Waals surface area contributed by atoms with Gasteiger partial charge in [-0.3, -0.25) is 4.79 Å². The molecule has 1 N–H and O–H groups in total. The van der Waals surface area contributed by atoms with Crippen molar-refractivity contribution in [1.29, 1.82) is 0 Å². The number of carbonyl (C=O) groups excluding carboxylic acids is 1. The summed E-state index contributed by atoms with van der Waals surface area (Å²) >= 11 is 1.42. The van der Waals surface area contributed by atoms with Gasteiger partial charge in [0.1, 0.15) is 5.82 Å². The number of thiazole rings is 1. The molecule has 8 heteroatoms. The highest BCUT2D eigenvalue weighted by atomic mass is 32.2. The zero-order valence-corrected chi connectivity index (χ0v) is 17.9.